The SMILES string of the molecule is N#Cc1cncc2c1OCC1(CC1)NC2. The second-order valence-electron chi connectivity index (χ2n) is 4.21. The molecule has 4 heteroatoms. The molecule has 4 nitrogen and oxygen atoms in total. The first-order chi connectivity index (χ1) is 7.33. The van der Waals surface area contributed by atoms with Crippen LogP contribution in [0.3, 0.4) is 0 Å². The van der Waals surface area contributed by atoms with Crippen LogP contribution >= 0.6 is 0 Å². The number of nitrogens with one attached hydrogen (secondary N) is 1. The zero-order valence-electron chi connectivity index (χ0n) is 8.29. The minimum atomic E-state index is 0.172. The van der Waals surface area contributed by atoms with E-state index < -0.39 is 0 Å². The van der Waals surface area contributed by atoms with Crippen molar-refractivity contribution < 1.29 is 4.74 Å². The number of aromatic nitrogens is 1. The van der Waals surface area contributed by atoms with Crippen molar-refractivity contribution in [2.24, 2.45) is 0 Å². The number of nitrogens with zero attached hydrogens (tertiary/aromatic N) is 2. The molecule has 0 amide bonds. The smallest absolute Gasteiger partial charge is 0.144 e. The molecule has 0 unspecified atom stereocenters. The van der Waals surface area contributed by atoms with E-state index in [1.54, 1.807) is 12.4 Å². The molecule has 1 fully saturated rings. The lowest BCUT2D eigenvalue weighted by Crippen LogP contribution is -2.34. The van der Waals surface area contributed by atoms with Crippen LogP contribution in [0.2, 0.25) is 0 Å². The van der Waals surface area contributed by atoms with Crippen LogP contribution in [0.15, 0.2) is 12.4 Å². The lowest BCUT2D eigenvalue weighted by atomic mass is 10.2. The number of hydrogen-bond donors (Lipinski definition) is 1. The Morgan fingerprint density at radius 3 is 3.07 bits per heavy atom. The number of hydrogen-bond acceptors (Lipinski definition) is 4. The number of pyridine rings is 1. The number of rotatable bonds is 0. The highest BCUT2D eigenvalue weighted by molar-refractivity contribution is 5.46. The lowest BCUT2D eigenvalue weighted by Gasteiger charge is -2.12. The molecule has 2 aliphatic rings. The maximum atomic E-state index is 8.94. The molecule has 1 N–H and O–H groups in total. The molecule has 0 atom stereocenters. The first-order valence-electron chi connectivity index (χ1n) is 5.08. The van der Waals surface area contributed by atoms with E-state index in [2.05, 4.69) is 16.4 Å². The van der Waals surface area contributed by atoms with Crippen molar-refractivity contribution >= 4 is 0 Å². The summed E-state index contributed by atoms with van der Waals surface area (Å²) >= 11 is 0. The molecular formula is C11H11N3O. The quantitative estimate of drug-likeness (QED) is 0.679. The van der Waals surface area contributed by atoms with Crippen LogP contribution in [-0.4, -0.2) is 17.1 Å². The highest BCUT2D eigenvalue weighted by atomic mass is 16.5. The maximum absolute atomic E-state index is 8.94. The van der Waals surface area contributed by atoms with Crippen molar-refractivity contribution in [2.75, 3.05) is 6.61 Å². The molecule has 1 aromatic heterocycles. The molecule has 3 rings (SSSR count). The molecule has 1 aliphatic carbocycles. The standard InChI is InChI=1S/C11H11N3O/c12-3-8-4-13-5-9-6-14-11(1-2-11)7-15-10(8)9/h4-5,14H,1-2,6-7H2. The molecule has 1 aromatic rings. The van der Waals surface area contributed by atoms with Crippen LogP contribution in [0.4, 0.5) is 0 Å². The van der Waals surface area contributed by atoms with E-state index in [9.17, 15) is 0 Å². The Labute approximate surface area is 87.9 Å². The topological polar surface area (TPSA) is 57.9 Å². The van der Waals surface area contributed by atoms with Gasteiger partial charge in [-0.2, -0.15) is 5.26 Å². The predicted molar refractivity (Wildman–Crippen MR) is 53.3 cm³/mol. The molecule has 0 bridgehead atoms. The van der Waals surface area contributed by atoms with E-state index in [4.69, 9.17) is 10.00 Å². The van der Waals surface area contributed by atoms with Gasteiger partial charge in [-0.3, -0.25) is 4.98 Å². The van der Waals surface area contributed by atoms with Gasteiger partial charge in [-0.15, -0.1) is 0 Å². The van der Waals surface area contributed by atoms with Crippen LogP contribution in [0.5, 0.6) is 5.75 Å². The van der Waals surface area contributed by atoms with E-state index in [1.807, 2.05) is 0 Å². The van der Waals surface area contributed by atoms with Crippen molar-refractivity contribution in [2.45, 2.75) is 24.9 Å². The lowest BCUT2D eigenvalue weighted by molar-refractivity contribution is 0.266. The van der Waals surface area contributed by atoms with Crippen LogP contribution in [-0.2, 0) is 6.54 Å². The van der Waals surface area contributed by atoms with Crippen LogP contribution < -0.4 is 10.1 Å². The summed E-state index contributed by atoms with van der Waals surface area (Å²) in [5, 5.41) is 12.4. The number of fused-ring (bicyclic) bond motifs is 1. The fourth-order valence-corrected chi connectivity index (χ4v) is 1.88. The zero-order chi connectivity index (χ0) is 10.3. The van der Waals surface area contributed by atoms with E-state index in [0.29, 0.717) is 17.9 Å². The van der Waals surface area contributed by atoms with Gasteiger partial charge in [0.15, 0.2) is 0 Å². The Morgan fingerprint density at radius 1 is 1.47 bits per heavy atom. The highest BCUT2D eigenvalue weighted by Crippen LogP contribution is 2.39. The van der Waals surface area contributed by atoms with E-state index in [-0.39, 0.29) is 5.54 Å². The van der Waals surface area contributed by atoms with Gasteiger partial charge >= 0.3 is 0 Å². The van der Waals surface area contributed by atoms with Gasteiger partial charge in [0, 0.05) is 24.5 Å². The maximum Gasteiger partial charge on any atom is 0.144 e. The third kappa shape index (κ3) is 1.36. The van der Waals surface area contributed by atoms with Gasteiger partial charge in [0.1, 0.15) is 24.0 Å². The van der Waals surface area contributed by atoms with Crippen molar-refractivity contribution in [3.63, 3.8) is 0 Å². The molecular weight excluding hydrogens is 190 g/mol. The fraction of sp³-hybridized carbons (Fsp3) is 0.455. The van der Waals surface area contributed by atoms with Gasteiger partial charge in [-0.05, 0) is 12.8 Å². The summed E-state index contributed by atoms with van der Waals surface area (Å²) in [4.78, 5) is 4.04. The Balaban J connectivity index is 2.00. The predicted octanol–water partition coefficient (Wildman–Crippen LogP) is 0.968. The van der Waals surface area contributed by atoms with Crippen molar-refractivity contribution in [1.82, 2.24) is 10.3 Å². The summed E-state index contributed by atoms with van der Waals surface area (Å²) in [6, 6.07) is 2.12. The van der Waals surface area contributed by atoms with Gasteiger partial charge in [0.05, 0.1) is 5.54 Å². The fourth-order valence-electron chi connectivity index (χ4n) is 1.88. The van der Waals surface area contributed by atoms with Crippen LogP contribution in [0, 0.1) is 11.3 Å². The van der Waals surface area contributed by atoms with Crippen LogP contribution in [0.25, 0.3) is 0 Å². The van der Waals surface area contributed by atoms with Gasteiger partial charge in [-0.25, -0.2) is 0 Å². The Bertz CT molecular complexity index is 446. The summed E-state index contributed by atoms with van der Waals surface area (Å²) in [6.45, 7) is 1.41. The molecule has 1 spiro atoms. The molecule has 0 radical (unpaired) electrons. The summed E-state index contributed by atoms with van der Waals surface area (Å²) < 4.78 is 5.72. The largest absolute Gasteiger partial charge is 0.490 e. The number of ether oxygens (including phenoxy) is 1. The highest BCUT2D eigenvalue weighted by Gasteiger charge is 2.44. The molecule has 1 saturated carbocycles. The van der Waals surface area contributed by atoms with Gasteiger partial charge in [0.25, 0.3) is 0 Å². The third-order valence-corrected chi connectivity index (χ3v) is 3.09. The van der Waals surface area contributed by atoms with E-state index >= 15 is 0 Å². The average Bonchev–Trinajstić information content (AvgIpc) is 3.07. The summed E-state index contributed by atoms with van der Waals surface area (Å²) in [6.07, 6.45) is 5.65. The molecule has 76 valence electrons. The molecule has 0 aromatic carbocycles. The minimum absolute atomic E-state index is 0.172. The molecule has 2 heterocycles. The Hall–Kier alpha value is -1.60. The zero-order valence-corrected chi connectivity index (χ0v) is 8.29. The first-order valence-corrected chi connectivity index (χ1v) is 5.08. The summed E-state index contributed by atoms with van der Waals surface area (Å²) in [7, 11) is 0. The minimum Gasteiger partial charge on any atom is -0.490 e. The number of nitriles is 1. The molecule has 1 aliphatic heterocycles. The second-order valence-corrected chi connectivity index (χ2v) is 4.21. The van der Waals surface area contributed by atoms with E-state index in [0.717, 1.165) is 24.9 Å². The third-order valence-electron chi connectivity index (χ3n) is 3.09. The van der Waals surface area contributed by atoms with Gasteiger partial charge in [-0.1, -0.05) is 0 Å². The average molecular weight is 201 g/mol. The summed E-state index contributed by atoms with van der Waals surface area (Å²) in [5.74, 6) is 0.712. The molecule has 15 heavy (non-hydrogen) atoms. The van der Waals surface area contributed by atoms with Crippen molar-refractivity contribution in [3.8, 4) is 11.8 Å². The van der Waals surface area contributed by atoms with Crippen molar-refractivity contribution in [1.29, 1.82) is 5.26 Å². The van der Waals surface area contributed by atoms with Crippen LogP contribution in [0.1, 0.15) is 24.0 Å². The molecule has 0 saturated heterocycles. The van der Waals surface area contributed by atoms with E-state index in [1.165, 1.54) is 0 Å². The van der Waals surface area contributed by atoms with Gasteiger partial charge < -0.3 is 10.1 Å². The second kappa shape index (κ2) is 2.94. The van der Waals surface area contributed by atoms with Gasteiger partial charge in [0.2, 0.25) is 0 Å². The normalized spacial score (nSPS) is 21.0. The Kier molecular flexibility index (Phi) is 1.70. The Morgan fingerprint density at radius 2 is 2.33 bits per heavy atom. The first kappa shape index (κ1) is 8.69. The van der Waals surface area contributed by atoms with Crippen molar-refractivity contribution in [3.05, 3.63) is 23.5 Å². The monoisotopic (exact) mass is 201 g/mol. The summed E-state index contributed by atoms with van der Waals surface area (Å²) in [5.41, 5.74) is 1.69.